The highest BCUT2D eigenvalue weighted by atomic mass is 35.5. The molecule has 0 N–H and O–H groups in total. The molecule has 1 fully saturated rings. The van der Waals surface area contributed by atoms with Gasteiger partial charge >= 0.3 is 0 Å². The molecule has 0 spiro atoms. The minimum atomic E-state index is 0.198. The maximum Gasteiger partial charge on any atom is 0.210 e. The van der Waals surface area contributed by atoms with Crippen LogP contribution in [0.3, 0.4) is 0 Å². The lowest BCUT2D eigenvalue weighted by Gasteiger charge is -2.38. The number of hydrogen-bond donors (Lipinski definition) is 0. The molecule has 0 aliphatic carbocycles. The Morgan fingerprint density at radius 3 is 3.00 bits per heavy atom. The lowest BCUT2D eigenvalue weighted by Crippen LogP contribution is -2.51. The normalized spacial score (nSPS) is 21.0. The van der Waals surface area contributed by atoms with Gasteiger partial charge in [-0.15, -0.1) is 0 Å². The Morgan fingerprint density at radius 2 is 2.38 bits per heavy atom. The molecule has 1 saturated heterocycles. The molecular weight excluding hydrogens is 226 g/mol. The van der Waals surface area contributed by atoms with Crippen LogP contribution in [0.15, 0.2) is 18.3 Å². The van der Waals surface area contributed by atoms with E-state index in [1.54, 1.807) is 11.1 Å². The van der Waals surface area contributed by atoms with Crippen molar-refractivity contribution in [1.29, 1.82) is 0 Å². The van der Waals surface area contributed by atoms with E-state index < -0.39 is 0 Å². The van der Waals surface area contributed by atoms with Crippen molar-refractivity contribution in [3.05, 3.63) is 23.4 Å². The van der Waals surface area contributed by atoms with Gasteiger partial charge in [0.15, 0.2) is 0 Å². The summed E-state index contributed by atoms with van der Waals surface area (Å²) in [6, 6.07) is 3.85. The number of carbonyl (C=O) groups excluding carboxylic acids is 1. The molecular formula is C11H14ClN3O. The van der Waals surface area contributed by atoms with Crippen molar-refractivity contribution in [2.75, 3.05) is 24.5 Å². The molecule has 0 bridgehead atoms. The zero-order chi connectivity index (χ0) is 11.5. The summed E-state index contributed by atoms with van der Waals surface area (Å²) in [6.45, 7) is 4.30. The largest absolute Gasteiger partial charge is 0.352 e. The molecule has 1 aromatic heterocycles. The lowest BCUT2D eigenvalue weighted by molar-refractivity contribution is -0.120. The van der Waals surface area contributed by atoms with Gasteiger partial charge in [0.1, 0.15) is 5.82 Å². The minimum Gasteiger partial charge on any atom is -0.352 e. The van der Waals surface area contributed by atoms with E-state index in [1.807, 2.05) is 19.1 Å². The fourth-order valence-corrected chi connectivity index (χ4v) is 2.17. The van der Waals surface area contributed by atoms with Crippen LogP contribution in [0.4, 0.5) is 5.82 Å². The van der Waals surface area contributed by atoms with E-state index in [-0.39, 0.29) is 6.04 Å². The van der Waals surface area contributed by atoms with Crippen LogP contribution in [0.25, 0.3) is 0 Å². The number of halogens is 1. The number of hydrogen-bond acceptors (Lipinski definition) is 3. The summed E-state index contributed by atoms with van der Waals surface area (Å²) >= 11 is 6.09. The summed E-state index contributed by atoms with van der Waals surface area (Å²) in [5.74, 6) is 0.807. The highest BCUT2D eigenvalue weighted by molar-refractivity contribution is 6.32. The Hall–Kier alpha value is -1.29. The van der Waals surface area contributed by atoms with Crippen molar-refractivity contribution in [3.8, 4) is 0 Å². The molecule has 0 saturated carbocycles. The molecule has 0 radical (unpaired) electrons. The first-order chi connectivity index (χ1) is 7.72. The predicted molar refractivity (Wildman–Crippen MR) is 63.7 cm³/mol. The second kappa shape index (κ2) is 4.70. The Morgan fingerprint density at radius 1 is 1.56 bits per heavy atom. The third-order valence-corrected chi connectivity index (χ3v) is 3.15. The number of carbonyl (C=O) groups is 1. The number of rotatable bonds is 2. The zero-order valence-corrected chi connectivity index (χ0v) is 9.89. The van der Waals surface area contributed by atoms with Crippen molar-refractivity contribution in [3.63, 3.8) is 0 Å². The van der Waals surface area contributed by atoms with E-state index in [1.165, 1.54) is 0 Å². The van der Waals surface area contributed by atoms with Gasteiger partial charge in [0.05, 0.1) is 5.02 Å². The zero-order valence-electron chi connectivity index (χ0n) is 9.14. The maximum absolute atomic E-state index is 10.7. The molecule has 5 heteroatoms. The third kappa shape index (κ3) is 2.11. The molecule has 1 aromatic rings. The van der Waals surface area contributed by atoms with Crippen LogP contribution in [0.5, 0.6) is 0 Å². The van der Waals surface area contributed by atoms with Gasteiger partial charge in [-0.25, -0.2) is 4.98 Å². The molecule has 1 unspecified atom stereocenters. The summed E-state index contributed by atoms with van der Waals surface area (Å²) in [5.41, 5.74) is 0. The standard InChI is InChI=1S/C11H14ClN3O/c1-9-7-14(5-6-15(9)8-16)11-10(12)3-2-4-13-11/h2-4,8-9H,5-7H2,1H3. The van der Waals surface area contributed by atoms with E-state index in [2.05, 4.69) is 9.88 Å². The van der Waals surface area contributed by atoms with Crippen molar-refractivity contribution in [2.24, 2.45) is 0 Å². The van der Waals surface area contributed by atoms with Gasteiger partial charge in [0, 0.05) is 31.9 Å². The first kappa shape index (κ1) is 11.2. The molecule has 1 atom stereocenters. The van der Waals surface area contributed by atoms with Gasteiger partial charge in [-0.1, -0.05) is 11.6 Å². The van der Waals surface area contributed by atoms with E-state index in [0.29, 0.717) is 5.02 Å². The second-order valence-corrected chi connectivity index (χ2v) is 4.35. The quantitative estimate of drug-likeness (QED) is 0.732. The molecule has 1 amide bonds. The highest BCUT2D eigenvalue weighted by Crippen LogP contribution is 2.24. The van der Waals surface area contributed by atoms with Crippen molar-refractivity contribution in [2.45, 2.75) is 13.0 Å². The summed E-state index contributed by atoms with van der Waals surface area (Å²) in [7, 11) is 0. The fourth-order valence-electron chi connectivity index (χ4n) is 1.93. The first-order valence-electron chi connectivity index (χ1n) is 5.29. The highest BCUT2D eigenvalue weighted by Gasteiger charge is 2.24. The van der Waals surface area contributed by atoms with E-state index >= 15 is 0 Å². The van der Waals surface area contributed by atoms with E-state index in [0.717, 1.165) is 31.9 Å². The minimum absolute atomic E-state index is 0.198. The monoisotopic (exact) mass is 239 g/mol. The van der Waals surface area contributed by atoms with Crippen LogP contribution in [-0.2, 0) is 4.79 Å². The number of anilines is 1. The Labute approximate surface area is 99.8 Å². The lowest BCUT2D eigenvalue weighted by atomic mass is 10.2. The number of piperazine rings is 1. The van der Waals surface area contributed by atoms with Gasteiger partial charge < -0.3 is 9.80 Å². The molecule has 2 rings (SSSR count). The van der Waals surface area contributed by atoms with Gasteiger partial charge in [-0.3, -0.25) is 4.79 Å². The Kier molecular flexibility index (Phi) is 3.29. The van der Waals surface area contributed by atoms with E-state index in [9.17, 15) is 4.79 Å². The van der Waals surface area contributed by atoms with Crippen LogP contribution in [-0.4, -0.2) is 42.0 Å². The van der Waals surface area contributed by atoms with Crippen molar-refractivity contribution >= 4 is 23.8 Å². The third-order valence-electron chi connectivity index (χ3n) is 2.85. The van der Waals surface area contributed by atoms with Gasteiger partial charge in [-0.05, 0) is 19.1 Å². The van der Waals surface area contributed by atoms with E-state index in [4.69, 9.17) is 11.6 Å². The molecule has 0 aromatic carbocycles. The fraction of sp³-hybridized carbons (Fsp3) is 0.455. The number of nitrogens with zero attached hydrogens (tertiary/aromatic N) is 3. The summed E-state index contributed by atoms with van der Waals surface area (Å²) in [6.07, 6.45) is 2.64. The van der Waals surface area contributed by atoms with Crippen molar-refractivity contribution < 1.29 is 4.79 Å². The predicted octanol–water partition coefficient (Wildman–Crippen LogP) is 1.40. The number of amides is 1. The average molecular weight is 240 g/mol. The summed E-state index contributed by atoms with van der Waals surface area (Å²) < 4.78 is 0. The SMILES string of the molecule is CC1CN(c2ncccc2Cl)CCN1C=O. The van der Waals surface area contributed by atoms with Crippen LogP contribution < -0.4 is 4.90 Å². The first-order valence-corrected chi connectivity index (χ1v) is 5.66. The Balaban J connectivity index is 2.13. The van der Waals surface area contributed by atoms with Gasteiger partial charge in [-0.2, -0.15) is 0 Å². The smallest absolute Gasteiger partial charge is 0.210 e. The van der Waals surface area contributed by atoms with Crippen molar-refractivity contribution in [1.82, 2.24) is 9.88 Å². The molecule has 86 valence electrons. The van der Waals surface area contributed by atoms with Crippen LogP contribution in [0.2, 0.25) is 5.02 Å². The van der Waals surface area contributed by atoms with Crippen LogP contribution >= 0.6 is 11.6 Å². The van der Waals surface area contributed by atoms with Gasteiger partial charge in [0.25, 0.3) is 0 Å². The van der Waals surface area contributed by atoms with Gasteiger partial charge in [0.2, 0.25) is 6.41 Å². The maximum atomic E-state index is 10.7. The van der Waals surface area contributed by atoms with Crippen LogP contribution in [0, 0.1) is 0 Å². The summed E-state index contributed by atoms with van der Waals surface area (Å²) in [4.78, 5) is 18.9. The van der Waals surface area contributed by atoms with Crippen LogP contribution in [0.1, 0.15) is 6.92 Å². The second-order valence-electron chi connectivity index (χ2n) is 3.95. The molecule has 1 aliphatic rings. The molecule has 16 heavy (non-hydrogen) atoms. The topological polar surface area (TPSA) is 36.4 Å². The number of pyridine rings is 1. The Bertz CT molecular complexity index is 385. The molecule has 1 aliphatic heterocycles. The molecule has 2 heterocycles. The molecule has 4 nitrogen and oxygen atoms in total. The average Bonchev–Trinajstić information content (AvgIpc) is 2.29. The summed E-state index contributed by atoms with van der Waals surface area (Å²) in [5, 5.41) is 0.661. The number of aromatic nitrogens is 1.